The predicted molar refractivity (Wildman–Crippen MR) is 46.2 cm³/mol. The molecule has 70 valence electrons. The number of hydrogen-bond acceptors (Lipinski definition) is 4. The molecule has 2 heterocycles. The van der Waals surface area contributed by atoms with Gasteiger partial charge in [-0.2, -0.15) is 0 Å². The van der Waals surface area contributed by atoms with Crippen LogP contribution < -0.4 is 0 Å². The van der Waals surface area contributed by atoms with Gasteiger partial charge in [0.2, 0.25) is 0 Å². The highest BCUT2D eigenvalue weighted by molar-refractivity contribution is 8.01. The average Bonchev–Trinajstić information content (AvgIpc) is 2.41. The molecule has 0 radical (unpaired) electrons. The van der Waals surface area contributed by atoms with Gasteiger partial charge in [0.15, 0.2) is 0 Å². The van der Waals surface area contributed by atoms with Crippen molar-refractivity contribution in [2.75, 3.05) is 5.75 Å². The lowest BCUT2D eigenvalue weighted by Crippen LogP contribution is -2.41. The van der Waals surface area contributed by atoms with Crippen LogP contribution in [0.1, 0.15) is 6.42 Å². The first kappa shape index (κ1) is 8.62. The van der Waals surface area contributed by atoms with Gasteiger partial charge in [-0.25, -0.2) is 4.79 Å². The van der Waals surface area contributed by atoms with Crippen LogP contribution in [-0.2, 0) is 14.3 Å². The second-order valence-electron chi connectivity index (χ2n) is 3.00. The van der Waals surface area contributed by atoms with Crippen molar-refractivity contribution in [2.24, 2.45) is 5.92 Å². The lowest BCUT2D eigenvalue weighted by molar-refractivity contribution is -0.161. The summed E-state index contributed by atoms with van der Waals surface area (Å²) in [5, 5.41) is 8.98. The zero-order chi connectivity index (χ0) is 9.47. The van der Waals surface area contributed by atoms with Gasteiger partial charge in [0.05, 0.1) is 6.42 Å². The van der Waals surface area contributed by atoms with Gasteiger partial charge in [0, 0.05) is 11.7 Å². The van der Waals surface area contributed by atoms with Crippen LogP contribution >= 0.6 is 11.8 Å². The maximum Gasteiger partial charge on any atom is 0.359 e. The SMILES string of the molecule is O=C1CC2C=CCSC2(C(=O)O)O1. The summed E-state index contributed by atoms with van der Waals surface area (Å²) in [7, 11) is 0. The van der Waals surface area contributed by atoms with E-state index in [1.54, 1.807) is 6.08 Å². The van der Waals surface area contributed by atoms with Crippen molar-refractivity contribution in [3.8, 4) is 0 Å². The molecule has 0 aromatic carbocycles. The van der Waals surface area contributed by atoms with Crippen LogP contribution in [0.2, 0.25) is 0 Å². The molecule has 2 atom stereocenters. The first-order chi connectivity index (χ1) is 6.15. The molecule has 0 saturated carbocycles. The second kappa shape index (κ2) is 2.77. The first-order valence-corrected chi connectivity index (χ1v) is 4.89. The summed E-state index contributed by atoms with van der Waals surface area (Å²) < 4.78 is 4.89. The number of carbonyl (C=O) groups excluding carboxylic acids is 1. The number of hydrogen-bond donors (Lipinski definition) is 1. The number of rotatable bonds is 1. The third kappa shape index (κ3) is 1.14. The van der Waals surface area contributed by atoms with Crippen LogP contribution in [-0.4, -0.2) is 27.7 Å². The quantitative estimate of drug-likeness (QED) is 0.497. The van der Waals surface area contributed by atoms with E-state index in [0.717, 1.165) is 11.8 Å². The van der Waals surface area contributed by atoms with E-state index in [-0.39, 0.29) is 12.3 Å². The number of fused-ring (bicyclic) bond motifs is 1. The fourth-order valence-corrected chi connectivity index (χ4v) is 2.69. The van der Waals surface area contributed by atoms with Crippen LogP contribution in [0.25, 0.3) is 0 Å². The number of carbonyl (C=O) groups is 2. The van der Waals surface area contributed by atoms with Crippen LogP contribution in [0.4, 0.5) is 0 Å². The minimum atomic E-state index is -1.34. The fraction of sp³-hybridized carbons (Fsp3) is 0.500. The van der Waals surface area contributed by atoms with E-state index in [1.165, 1.54) is 0 Å². The summed E-state index contributed by atoms with van der Waals surface area (Å²) in [5.74, 6) is -1.21. The zero-order valence-electron chi connectivity index (χ0n) is 6.73. The van der Waals surface area contributed by atoms with Crippen molar-refractivity contribution >= 4 is 23.7 Å². The van der Waals surface area contributed by atoms with Crippen LogP contribution in [0.5, 0.6) is 0 Å². The van der Waals surface area contributed by atoms with Crippen molar-refractivity contribution in [1.29, 1.82) is 0 Å². The molecule has 0 aromatic rings. The number of aliphatic carboxylic acids is 1. The summed E-state index contributed by atoms with van der Waals surface area (Å²) in [6, 6.07) is 0. The van der Waals surface area contributed by atoms with Crippen molar-refractivity contribution in [2.45, 2.75) is 11.4 Å². The van der Waals surface area contributed by atoms with Crippen molar-refractivity contribution in [3.63, 3.8) is 0 Å². The Kier molecular flexibility index (Phi) is 1.83. The molecule has 0 bridgehead atoms. The minimum absolute atomic E-state index is 0.176. The molecule has 1 saturated heterocycles. The Morgan fingerprint density at radius 1 is 1.77 bits per heavy atom. The summed E-state index contributed by atoms with van der Waals surface area (Å²) in [6.45, 7) is 0. The molecule has 4 nitrogen and oxygen atoms in total. The Morgan fingerprint density at radius 2 is 2.54 bits per heavy atom. The number of thioether (sulfide) groups is 1. The Bertz CT molecular complexity index is 299. The number of carboxylic acid groups (broad SMARTS) is 1. The molecule has 1 N–H and O–H groups in total. The molecular formula is C8H8O4S. The van der Waals surface area contributed by atoms with E-state index in [9.17, 15) is 9.59 Å². The van der Waals surface area contributed by atoms with E-state index >= 15 is 0 Å². The van der Waals surface area contributed by atoms with Gasteiger partial charge < -0.3 is 9.84 Å². The molecule has 0 aromatic heterocycles. The molecule has 2 unspecified atom stereocenters. The van der Waals surface area contributed by atoms with Crippen LogP contribution in [0, 0.1) is 5.92 Å². The Morgan fingerprint density at radius 3 is 3.15 bits per heavy atom. The average molecular weight is 200 g/mol. The molecule has 2 aliphatic rings. The monoisotopic (exact) mass is 200 g/mol. The van der Waals surface area contributed by atoms with Gasteiger partial charge in [-0.15, -0.1) is 0 Å². The van der Waals surface area contributed by atoms with E-state index in [0.29, 0.717) is 5.75 Å². The Hall–Kier alpha value is -0.970. The van der Waals surface area contributed by atoms with Crippen LogP contribution in [0.3, 0.4) is 0 Å². The van der Waals surface area contributed by atoms with Crippen LogP contribution in [0.15, 0.2) is 12.2 Å². The summed E-state index contributed by atoms with van der Waals surface area (Å²) in [6.07, 6.45) is 3.81. The standard InChI is InChI=1S/C8H8O4S/c9-6-4-5-2-1-3-13-8(5,12-6)7(10)11/h1-2,5H,3-4H2,(H,10,11). The normalized spacial score (nSPS) is 36.9. The third-order valence-electron chi connectivity index (χ3n) is 2.20. The van der Waals surface area contributed by atoms with Crippen molar-refractivity contribution in [1.82, 2.24) is 0 Å². The molecule has 2 rings (SSSR count). The van der Waals surface area contributed by atoms with Gasteiger partial charge in [-0.1, -0.05) is 23.9 Å². The van der Waals surface area contributed by atoms with Gasteiger partial charge in [0.1, 0.15) is 0 Å². The fourth-order valence-electron chi connectivity index (χ4n) is 1.59. The topological polar surface area (TPSA) is 63.6 Å². The molecule has 0 amide bonds. The summed E-state index contributed by atoms with van der Waals surface area (Å²) in [5.41, 5.74) is 0. The molecule has 0 spiro atoms. The molecular weight excluding hydrogens is 192 g/mol. The van der Waals surface area contributed by atoms with Gasteiger partial charge in [-0.3, -0.25) is 4.79 Å². The highest BCUT2D eigenvalue weighted by Gasteiger charge is 2.55. The summed E-state index contributed by atoms with van der Waals surface area (Å²) >= 11 is 1.16. The van der Waals surface area contributed by atoms with Gasteiger partial charge in [0.25, 0.3) is 4.93 Å². The van der Waals surface area contributed by atoms with Gasteiger partial charge >= 0.3 is 11.9 Å². The van der Waals surface area contributed by atoms with Gasteiger partial charge in [-0.05, 0) is 0 Å². The predicted octanol–water partition coefficient (Wildman–Crippen LogP) is 0.633. The van der Waals surface area contributed by atoms with Crippen molar-refractivity contribution < 1.29 is 19.4 Å². The maximum atomic E-state index is 11.0. The maximum absolute atomic E-state index is 11.0. The number of ether oxygens (including phenoxy) is 1. The Balaban J connectivity index is 2.37. The molecule has 2 aliphatic heterocycles. The number of carboxylic acids is 1. The highest BCUT2D eigenvalue weighted by Crippen LogP contribution is 2.45. The minimum Gasteiger partial charge on any atom is -0.478 e. The van der Waals surface area contributed by atoms with E-state index in [1.807, 2.05) is 6.08 Å². The zero-order valence-corrected chi connectivity index (χ0v) is 7.54. The molecule has 13 heavy (non-hydrogen) atoms. The number of esters is 1. The molecule has 1 fully saturated rings. The van der Waals surface area contributed by atoms with E-state index in [4.69, 9.17) is 9.84 Å². The lowest BCUT2D eigenvalue weighted by Gasteiger charge is -2.28. The van der Waals surface area contributed by atoms with E-state index in [2.05, 4.69) is 0 Å². The lowest BCUT2D eigenvalue weighted by atomic mass is 10.00. The smallest absolute Gasteiger partial charge is 0.359 e. The highest BCUT2D eigenvalue weighted by atomic mass is 32.2. The first-order valence-electron chi connectivity index (χ1n) is 3.91. The Labute approximate surface area is 78.9 Å². The molecule has 5 heteroatoms. The summed E-state index contributed by atoms with van der Waals surface area (Å²) in [4.78, 5) is 20.6. The van der Waals surface area contributed by atoms with Crippen molar-refractivity contribution in [3.05, 3.63) is 12.2 Å². The largest absolute Gasteiger partial charge is 0.478 e. The van der Waals surface area contributed by atoms with E-state index < -0.39 is 16.9 Å². The third-order valence-corrected chi connectivity index (χ3v) is 3.55. The molecule has 0 aliphatic carbocycles. The second-order valence-corrected chi connectivity index (χ2v) is 4.22.